The first-order valence-electron chi connectivity index (χ1n) is 9.48. The Labute approximate surface area is 168 Å². The Balaban J connectivity index is 2.33. The highest BCUT2D eigenvalue weighted by molar-refractivity contribution is 7.92. The van der Waals surface area contributed by atoms with Crippen LogP contribution in [0.4, 0.5) is 5.69 Å². The highest BCUT2D eigenvalue weighted by Crippen LogP contribution is 2.24. The highest BCUT2D eigenvalue weighted by Gasteiger charge is 2.32. The molecular weight excluding hydrogens is 372 g/mol. The summed E-state index contributed by atoms with van der Waals surface area (Å²) in [4.78, 5) is 13.1. The Hall–Kier alpha value is -2.34. The van der Waals surface area contributed by atoms with Crippen molar-refractivity contribution in [3.63, 3.8) is 0 Å². The first-order valence-corrected chi connectivity index (χ1v) is 11.3. The van der Waals surface area contributed by atoms with Crippen molar-refractivity contribution >= 4 is 21.6 Å². The van der Waals surface area contributed by atoms with Gasteiger partial charge in [-0.2, -0.15) is 0 Å². The van der Waals surface area contributed by atoms with Crippen LogP contribution in [-0.4, -0.2) is 26.6 Å². The summed E-state index contributed by atoms with van der Waals surface area (Å²) in [5.74, 6) is -0.304. The lowest BCUT2D eigenvalue weighted by atomic mass is 9.99. The van der Waals surface area contributed by atoms with E-state index in [0.29, 0.717) is 12.1 Å². The summed E-state index contributed by atoms with van der Waals surface area (Å²) in [6.07, 6.45) is 1.50. The molecule has 2 rings (SSSR count). The Morgan fingerprint density at radius 1 is 1.04 bits per heavy atom. The minimum absolute atomic E-state index is 0.221. The molecule has 6 heteroatoms. The van der Waals surface area contributed by atoms with Gasteiger partial charge in [0, 0.05) is 0 Å². The molecule has 0 aliphatic rings. The molecule has 0 bridgehead atoms. The summed E-state index contributed by atoms with van der Waals surface area (Å²) in [5, 5.41) is 3.00. The third-order valence-electron chi connectivity index (χ3n) is 4.88. The van der Waals surface area contributed by atoms with Crippen molar-refractivity contribution in [1.82, 2.24) is 5.32 Å². The summed E-state index contributed by atoms with van der Waals surface area (Å²) in [6.45, 7) is 9.69. The van der Waals surface area contributed by atoms with Gasteiger partial charge in [-0.25, -0.2) is 8.42 Å². The number of anilines is 1. The Bertz CT molecular complexity index is 937. The van der Waals surface area contributed by atoms with Crippen molar-refractivity contribution in [1.29, 1.82) is 0 Å². The maximum atomic E-state index is 13.1. The third-order valence-corrected chi connectivity index (χ3v) is 6.06. The van der Waals surface area contributed by atoms with Gasteiger partial charge in [-0.1, -0.05) is 48.4 Å². The molecular formula is C22H30N2O3S. The van der Waals surface area contributed by atoms with Crippen molar-refractivity contribution in [2.45, 2.75) is 53.1 Å². The molecule has 0 fully saturated rings. The molecule has 2 atom stereocenters. The minimum atomic E-state index is -3.63. The zero-order chi connectivity index (χ0) is 21.1. The van der Waals surface area contributed by atoms with Crippen LogP contribution in [0, 0.1) is 20.8 Å². The first kappa shape index (κ1) is 22.0. The van der Waals surface area contributed by atoms with E-state index in [1.807, 2.05) is 58.9 Å². The van der Waals surface area contributed by atoms with E-state index in [0.717, 1.165) is 28.5 Å². The third kappa shape index (κ3) is 5.13. The Morgan fingerprint density at radius 2 is 1.61 bits per heavy atom. The number of aryl methyl sites for hydroxylation is 3. The number of benzene rings is 2. The van der Waals surface area contributed by atoms with Crippen molar-refractivity contribution in [2.75, 3.05) is 10.6 Å². The fraction of sp³-hybridized carbons (Fsp3) is 0.409. The lowest BCUT2D eigenvalue weighted by molar-refractivity contribution is -0.122. The molecule has 0 aliphatic heterocycles. The number of amides is 1. The van der Waals surface area contributed by atoms with Crippen molar-refractivity contribution < 1.29 is 13.2 Å². The highest BCUT2D eigenvalue weighted by atomic mass is 32.2. The van der Waals surface area contributed by atoms with E-state index < -0.39 is 16.1 Å². The molecule has 2 aromatic carbocycles. The molecule has 1 N–H and O–H groups in total. The number of nitrogens with one attached hydrogen (secondary N) is 1. The van der Waals surface area contributed by atoms with E-state index in [1.54, 1.807) is 12.1 Å². The molecule has 0 aliphatic carbocycles. The standard InChI is InChI=1S/C22H30N2O3S/c1-7-21(24(28(6,26)27)19-12-9-15(2)10-13-19)22(25)23-18(5)20-14-16(3)8-11-17(20)4/h8-14,18,21H,7H2,1-6H3,(H,23,25)/t18-,21+/m0/s1. The number of rotatable bonds is 7. The van der Waals surface area contributed by atoms with Crippen molar-refractivity contribution in [3.05, 3.63) is 64.7 Å². The minimum Gasteiger partial charge on any atom is -0.348 e. The topological polar surface area (TPSA) is 66.5 Å². The van der Waals surface area contributed by atoms with E-state index in [2.05, 4.69) is 11.4 Å². The second-order valence-corrected chi connectivity index (χ2v) is 9.27. The summed E-state index contributed by atoms with van der Waals surface area (Å²) < 4.78 is 26.3. The fourth-order valence-electron chi connectivity index (χ4n) is 3.37. The number of hydrogen-bond acceptors (Lipinski definition) is 3. The first-order chi connectivity index (χ1) is 13.0. The number of sulfonamides is 1. The lowest BCUT2D eigenvalue weighted by Crippen LogP contribution is -2.49. The summed E-state index contributed by atoms with van der Waals surface area (Å²) in [6, 6.07) is 12.2. The number of hydrogen-bond donors (Lipinski definition) is 1. The van der Waals surface area contributed by atoms with Gasteiger partial charge in [-0.15, -0.1) is 0 Å². The van der Waals surface area contributed by atoms with E-state index in [9.17, 15) is 13.2 Å². The normalized spacial score (nSPS) is 13.6. The molecule has 5 nitrogen and oxygen atoms in total. The molecule has 1 amide bonds. The van der Waals surface area contributed by atoms with E-state index in [-0.39, 0.29) is 11.9 Å². The van der Waals surface area contributed by atoms with Gasteiger partial charge in [0.2, 0.25) is 15.9 Å². The molecule has 0 heterocycles. The molecule has 28 heavy (non-hydrogen) atoms. The number of nitrogens with zero attached hydrogens (tertiary/aromatic N) is 1. The van der Waals surface area contributed by atoms with Gasteiger partial charge in [-0.3, -0.25) is 9.10 Å². The predicted octanol–water partition coefficient (Wildman–Crippen LogP) is 4.03. The Morgan fingerprint density at radius 3 is 2.14 bits per heavy atom. The zero-order valence-electron chi connectivity index (χ0n) is 17.5. The van der Waals surface area contributed by atoms with Crippen LogP contribution in [-0.2, 0) is 14.8 Å². The van der Waals surface area contributed by atoms with Gasteiger partial charge in [0.1, 0.15) is 6.04 Å². The molecule has 0 saturated heterocycles. The number of carbonyl (C=O) groups is 1. The van der Waals surface area contributed by atoms with E-state index in [4.69, 9.17) is 0 Å². The van der Waals surface area contributed by atoms with Gasteiger partial charge < -0.3 is 5.32 Å². The molecule has 0 saturated carbocycles. The second kappa shape index (κ2) is 8.78. The second-order valence-electron chi connectivity index (χ2n) is 7.41. The van der Waals surface area contributed by atoms with Crippen LogP contribution >= 0.6 is 0 Å². The van der Waals surface area contributed by atoms with Crippen molar-refractivity contribution in [2.24, 2.45) is 0 Å². The largest absolute Gasteiger partial charge is 0.348 e. The lowest BCUT2D eigenvalue weighted by Gasteiger charge is -2.31. The maximum Gasteiger partial charge on any atom is 0.244 e. The molecule has 0 radical (unpaired) electrons. The van der Waals surface area contributed by atoms with Gasteiger partial charge in [0.25, 0.3) is 0 Å². The molecule has 0 aromatic heterocycles. The van der Waals surface area contributed by atoms with E-state index >= 15 is 0 Å². The SMILES string of the molecule is CC[C@H](C(=O)N[C@@H](C)c1cc(C)ccc1C)N(c1ccc(C)cc1)S(C)(=O)=O. The molecule has 152 valence electrons. The molecule has 0 spiro atoms. The van der Waals surface area contributed by atoms with Crippen LogP contribution in [0.25, 0.3) is 0 Å². The molecule has 2 aromatic rings. The van der Waals surface area contributed by atoms with Crippen LogP contribution in [0.1, 0.15) is 48.6 Å². The van der Waals surface area contributed by atoms with Crippen molar-refractivity contribution in [3.8, 4) is 0 Å². The Kier molecular flexibility index (Phi) is 6.88. The van der Waals surface area contributed by atoms with Crippen LogP contribution in [0.15, 0.2) is 42.5 Å². The average Bonchev–Trinajstić information content (AvgIpc) is 2.61. The van der Waals surface area contributed by atoms with Crippen LogP contribution < -0.4 is 9.62 Å². The zero-order valence-corrected chi connectivity index (χ0v) is 18.3. The van der Waals surface area contributed by atoms with Gasteiger partial charge in [0.15, 0.2) is 0 Å². The smallest absolute Gasteiger partial charge is 0.244 e. The van der Waals surface area contributed by atoms with Crippen LogP contribution in [0.5, 0.6) is 0 Å². The molecule has 0 unspecified atom stereocenters. The average molecular weight is 403 g/mol. The summed E-state index contributed by atoms with van der Waals surface area (Å²) in [7, 11) is -3.63. The van der Waals surface area contributed by atoms with Crippen LogP contribution in [0.2, 0.25) is 0 Å². The van der Waals surface area contributed by atoms with Gasteiger partial charge in [0.05, 0.1) is 18.0 Å². The van der Waals surface area contributed by atoms with Crippen LogP contribution in [0.3, 0.4) is 0 Å². The van der Waals surface area contributed by atoms with Gasteiger partial charge in [-0.05, 0) is 57.4 Å². The predicted molar refractivity (Wildman–Crippen MR) is 115 cm³/mol. The maximum absolute atomic E-state index is 13.1. The monoisotopic (exact) mass is 402 g/mol. The summed E-state index contributed by atoms with van der Waals surface area (Å²) >= 11 is 0. The number of carbonyl (C=O) groups excluding carboxylic acids is 1. The fourth-order valence-corrected chi connectivity index (χ4v) is 4.58. The quantitative estimate of drug-likeness (QED) is 0.760. The van der Waals surface area contributed by atoms with E-state index in [1.165, 1.54) is 4.31 Å². The summed E-state index contributed by atoms with van der Waals surface area (Å²) in [5.41, 5.74) is 4.76. The van der Waals surface area contributed by atoms with Gasteiger partial charge >= 0.3 is 0 Å².